The molecule has 3 atom stereocenters. The number of hydrogen-bond acceptors (Lipinski definition) is 4. The second kappa shape index (κ2) is 5.45. The first-order valence-corrected chi connectivity index (χ1v) is 9.19. The number of halogens is 1. The molecule has 0 radical (unpaired) electrons. The maximum atomic E-state index is 12.8. The predicted molar refractivity (Wildman–Crippen MR) is 88.3 cm³/mol. The summed E-state index contributed by atoms with van der Waals surface area (Å²) in [6.07, 6.45) is 0. The van der Waals surface area contributed by atoms with Crippen LogP contribution < -0.4 is 5.73 Å². The molecule has 3 rings (SSSR count). The van der Waals surface area contributed by atoms with Gasteiger partial charge in [0.25, 0.3) is 0 Å². The molecule has 0 saturated heterocycles. The number of hydrogen-bond donors (Lipinski definition) is 2. The largest absolute Gasteiger partial charge is 0.394 e. The van der Waals surface area contributed by atoms with Crippen LogP contribution >= 0.6 is 15.9 Å². The van der Waals surface area contributed by atoms with Crippen molar-refractivity contribution in [3.8, 4) is 0 Å². The summed E-state index contributed by atoms with van der Waals surface area (Å²) in [5.74, 6) is -0.407. The quantitative estimate of drug-likeness (QED) is 0.849. The highest BCUT2D eigenvalue weighted by Gasteiger charge is 2.68. The molecule has 0 aromatic heterocycles. The number of nitrogens with two attached hydrogens (primary N) is 1. The first-order chi connectivity index (χ1) is 10.4. The average molecular weight is 382 g/mol. The summed E-state index contributed by atoms with van der Waals surface area (Å²) in [5, 5.41) is 8.82. The minimum absolute atomic E-state index is 0.239. The molecule has 0 amide bonds. The summed E-state index contributed by atoms with van der Waals surface area (Å²) in [4.78, 5) is 0.239. The molecular weight excluding hydrogens is 366 g/mol. The van der Waals surface area contributed by atoms with Crippen molar-refractivity contribution in [1.29, 1.82) is 0 Å². The number of aliphatic hydroxyl groups excluding tert-OH is 1. The fourth-order valence-electron chi connectivity index (χ4n) is 2.99. The fraction of sp³-hybridized carbons (Fsp3) is 0.250. The van der Waals surface area contributed by atoms with Gasteiger partial charge in [-0.15, -0.1) is 0 Å². The van der Waals surface area contributed by atoms with Crippen LogP contribution in [0.4, 0.5) is 0 Å². The third kappa shape index (κ3) is 2.40. The number of benzene rings is 2. The van der Waals surface area contributed by atoms with E-state index >= 15 is 0 Å². The molecule has 1 aliphatic carbocycles. The molecule has 1 aliphatic rings. The molecular formula is C16H16BrNO3S. The first kappa shape index (κ1) is 15.7. The van der Waals surface area contributed by atoms with E-state index in [1.165, 1.54) is 0 Å². The Morgan fingerprint density at radius 1 is 1.09 bits per heavy atom. The molecule has 2 aromatic rings. The lowest BCUT2D eigenvalue weighted by Crippen LogP contribution is -2.35. The van der Waals surface area contributed by atoms with Gasteiger partial charge in [0.2, 0.25) is 0 Å². The van der Waals surface area contributed by atoms with E-state index in [9.17, 15) is 13.5 Å². The summed E-state index contributed by atoms with van der Waals surface area (Å²) < 4.78 is 26.5. The fourth-order valence-corrected chi connectivity index (χ4v) is 5.57. The minimum Gasteiger partial charge on any atom is -0.394 e. The molecule has 0 heterocycles. The van der Waals surface area contributed by atoms with E-state index in [1.807, 2.05) is 24.3 Å². The molecule has 3 N–H and O–H groups in total. The maximum absolute atomic E-state index is 12.8. The van der Waals surface area contributed by atoms with Gasteiger partial charge in [-0.25, -0.2) is 8.42 Å². The van der Waals surface area contributed by atoms with Crippen LogP contribution in [0.25, 0.3) is 0 Å². The lowest BCUT2D eigenvalue weighted by atomic mass is 10.1. The summed E-state index contributed by atoms with van der Waals surface area (Å²) in [7, 11) is -3.59. The highest BCUT2D eigenvalue weighted by atomic mass is 79.9. The van der Waals surface area contributed by atoms with E-state index in [1.54, 1.807) is 30.3 Å². The van der Waals surface area contributed by atoms with Crippen molar-refractivity contribution >= 4 is 25.8 Å². The van der Waals surface area contributed by atoms with Gasteiger partial charge < -0.3 is 10.8 Å². The Kier molecular flexibility index (Phi) is 3.89. The van der Waals surface area contributed by atoms with Gasteiger partial charge in [-0.2, -0.15) is 0 Å². The second-order valence-corrected chi connectivity index (χ2v) is 8.56. The number of rotatable bonds is 4. The van der Waals surface area contributed by atoms with E-state index in [4.69, 9.17) is 5.73 Å². The second-order valence-electron chi connectivity index (χ2n) is 5.58. The zero-order valence-electron chi connectivity index (χ0n) is 11.7. The van der Waals surface area contributed by atoms with Crippen LogP contribution in [0.15, 0.2) is 64.0 Å². The van der Waals surface area contributed by atoms with Crippen LogP contribution in [0.1, 0.15) is 11.5 Å². The third-order valence-corrected chi connectivity index (χ3v) is 7.05. The first-order valence-electron chi connectivity index (χ1n) is 6.85. The smallest absolute Gasteiger partial charge is 0.183 e. The topological polar surface area (TPSA) is 80.4 Å². The van der Waals surface area contributed by atoms with E-state index < -0.39 is 26.5 Å². The monoisotopic (exact) mass is 381 g/mol. The Bertz CT molecular complexity index is 777. The molecule has 116 valence electrons. The molecule has 0 bridgehead atoms. The Labute approximate surface area is 138 Å². The summed E-state index contributed by atoms with van der Waals surface area (Å²) in [6, 6.07) is 15.6. The van der Waals surface area contributed by atoms with Gasteiger partial charge in [-0.3, -0.25) is 0 Å². The standard InChI is InChI=1S/C16H16BrNO3S/c17-12-8-6-11(7-9-12)14-15(16(14,18)10-19)22(20,21)13-4-2-1-3-5-13/h1-9,14-15,19H,10,18H2/t14-,15+,16+/m1/s1. The van der Waals surface area contributed by atoms with Gasteiger partial charge in [0, 0.05) is 10.4 Å². The Balaban J connectivity index is 2.02. The Morgan fingerprint density at radius 2 is 1.68 bits per heavy atom. The van der Waals surface area contributed by atoms with Crippen molar-refractivity contribution in [1.82, 2.24) is 0 Å². The van der Waals surface area contributed by atoms with Crippen LogP contribution in [0, 0.1) is 0 Å². The van der Waals surface area contributed by atoms with Crippen molar-refractivity contribution < 1.29 is 13.5 Å². The van der Waals surface area contributed by atoms with Gasteiger partial charge >= 0.3 is 0 Å². The zero-order valence-corrected chi connectivity index (χ0v) is 14.1. The van der Waals surface area contributed by atoms with Gasteiger partial charge in [-0.1, -0.05) is 46.3 Å². The molecule has 6 heteroatoms. The van der Waals surface area contributed by atoms with Gasteiger partial charge in [0.1, 0.15) is 0 Å². The van der Waals surface area contributed by atoms with E-state index in [-0.39, 0.29) is 11.5 Å². The Hall–Kier alpha value is -1.21. The van der Waals surface area contributed by atoms with Crippen molar-refractivity contribution in [2.75, 3.05) is 6.61 Å². The van der Waals surface area contributed by atoms with Crippen LogP contribution in [0.2, 0.25) is 0 Å². The van der Waals surface area contributed by atoms with Crippen LogP contribution in [0.3, 0.4) is 0 Å². The minimum atomic E-state index is -3.59. The van der Waals surface area contributed by atoms with Crippen LogP contribution in [0.5, 0.6) is 0 Å². The lowest BCUT2D eigenvalue weighted by Gasteiger charge is -2.08. The van der Waals surface area contributed by atoms with Gasteiger partial charge in [0.15, 0.2) is 9.84 Å². The third-order valence-electron chi connectivity index (χ3n) is 4.21. The van der Waals surface area contributed by atoms with Gasteiger partial charge in [-0.05, 0) is 29.8 Å². The Morgan fingerprint density at radius 3 is 2.23 bits per heavy atom. The zero-order chi connectivity index (χ0) is 16.0. The van der Waals surface area contributed by atoms with E-state index in [2.05, 4.69) is 15.9 Å². The normalized spacial score (nSPS) is 27.6. The number of sulfone groups is 1. The average Bonchev–Trinajstić information content (AvgIpc) is 3.17. The van der Waals surface area contributed by atoms with E-state index in [0.29, 0.717) is 0 Å². The summed E-state index contributed by atoms with van der Waals surface area (Å²) in [5.41, 5.74) is 5.87. The molecule has 1 fully saturated rings. The molecule has 0 unspecified atom stereocenters. The highest BCUT2D eigenvalue weighted by Crippen LogP contribution is 2.55. The van der Waals surface area contributed by atoms with Crippen LogP contribution in [-0.2, 0) is 9.84 Å². The molecule has 22 heavy (non-hydrogen) atoms. The molecule has 2 aromatic carbocycles. The van der Waals surface area contributed by atoms with Crippen molar-refractivity contribution in [2.24, 2.45) is 5.73 Å². The SMILES string of the molecule is N[C@@]1(CO)[C@H](c2ccc(Br)cc2)[C@@H]1S(=O)(=O)c1ccccc1. The van der Waals surface area contributed by atoms with Crippen molar-refractivity contribution in [3.05, 3.63) is 64.6 Å². The van der Waals surface area contributed by atoms with Crippen molar-refractivity contribution in [2.45, 2.75) is 21.6 Å². The molecule has 1 saturated carbocycles. The van der Waals surface area contributed by atoms with Crippen LogP contribution in [-0.4, -0.2) is 30.9 Å². The number of aliphatic hydroxyl groups is 1. The highest BCUT2D eigenvalue weighted by molar-refractivity contribution is 9.10. The molecule has 4 nitrogen and oxygen atoms in total. The van der Waals surface area contributed by atoms with Crippen molar-refractivity contribution in [3.63, 3.8) is 0 Å². The van der Waals surface area contributed by atoms with Gasteiger partial charge in [0.05, 0.1) is 22.3 Å². The molecule has 0 spiro atoms. The summed E-state index contributed by atoms with van der Waals surface area (Å²) in [6.45, 7) is -0.371. The predicted octanol–water partition coefficient (Wildman–Crippen LogP) is 2.08. The summed E-state index contributed by atoms with van der Waals surface area (Å²) >= 11 is 3.35. The molecule has 0 aliphatic heterocycles. The lowest BCUT2D eigenvalue weighted by molar-refractivity contribution is 0.253. The van der Waals surface area contributed by atoms with E-state index in [0.717, 1.165) is 10.0 Å². The maximum Gasteiger partial charge on any atom is 0.183 e.